The van der Waals surface area contributed by atoms with Gasteiger partial charge in [-0.1, -0.05) is 19.1 Å². The smallest absolute Gasteiger partial charge is 0.335 e. The fourth-order valence-corrected chi connectivity index (χ4v) is 5.14. The molecule has 0 bridgehead atoms. The highest BCUT2D eigenvalue weighted by Gasteiger charge is 2.38. The Morgan fingerprint density at radius 1 is 1.28 bits per heavy atom. The second-order valence-corrected chi connectivity index (χ2v) is 9.07. The molecule has 2 heterocycles. The lowest BCUT2D eigenvalue weighted by Crippen LogP contribution is -2.42. The number of carbonyl (C=O) groups excluding carboxylic acids is 1. The summed E-state index contributed by atoms with van der Waals surface area (Å²) in [5.74, 6) is -1.02. The third-order valence-electron chi connectivity index (χ3n) is 5.59. The van der Waals surface area contributed by atoms with Gasteiger partial charge >= 0.3 is 5.97 Å². The maximum atomic E-state index is 13.4. The topological polar surface area (TPSA) is 66.8 Å². The Morgan fingerprint density at radius 2 is 1.97 bits per heavy atom. The van der Waals surface area contributed by atoms with Gasteiger partial charge in [0.1, 0.15) is 11.2 Å². The average Bonchev–Trinajstić information content (AvgIpc) is 3.03. The normalized spacial score (nSPS) is 20.6. The van der Waals surface area contributed by atoms with Crippen molar-refractivity contribution in [3.05, 3.63) is 64.5 Å². The zero-order chi connectivity index (χ0) is 20.8. The van der Waals surface area contributed by atoms with Crippen LogP contribution in [0.3, 0.4) is 0 Å². The zero-order valence-electron chi connectivity index (χ0n) is 16.3. The van der Waals surface area contributed by atoms with Crippen LogP contribution >= 0.6 is 11.8 Å². The molecular weight excluding hydrogens is 393 g/mol. The number of hydrogen-bond acceptors (Lipinski definition) is 4. The molecule has 2 saturated heterocycles. The summed E-state index contributed by atoms with van der Waals surface area (Å²) in [4.78, 5) is 26.3. The van der Waals surface area contributed by atoms with E-state index >= 15 is 0 Å². The number of rotatable bonds is 5. The first-order valence-electron chi connectivity index (χ1n) is 9.42. The Labute approximate surface area is 172 Å². The van der Waals surface area contributed by atoms with E-state index in [1.54, 1.807) is 29.2 Å². The van der Waals surface area contributed by atoms with E-state index in [2.05, 4.69) is 6.92 Å². The molecule has 1 N–H and O–H groups in total. The molecular formula is C22H22FNO4S. The second-order valence-electron chi connectivity index (χ2n) is 8.00. The number of amides is 1. The predicted octanol–water partition coefficient (Wildman–Crippen LogP) is 4.19. The number of nitrogens with zero attached hydrogens (tertiary/aromatic N) is 1. The van der Waals surface area contributed by atoms with Gasteiger partial charge < -0.3 is 9.84 Å². The number of thioether (sulfide) groups is 1. The second kappa shape index (κ2) is 7.46. The third-order valence-corrected chi connectivity index (χ3v) is 6.80. The van der Waals surface area contributed by atoms with E-state index in [4.69, 9.17) is 4.74 Å². The van der Waals surface area contributed by atoms with Gasteiger partial charge in [0.25, 0.3) is 0 Å². The lowest BCUT2D eigenvalue weighted by atomic mass is 9.79. The van der Waals surface area contributed by atoms with Gasteiger partial charge in [-0.25, -0.2) is 9.18 Å². The lowest BCUT2D eigenvalue weighted by Gasteiger charge is -2.39. The van der Waals surface area contributed by atoms with Crippen molar-refractivity contribution in [2.45, 2.75) is 25.6 Å². The molecule has 4 rings (SSSR count). The van der Waals surface area contributed by atoms with Gasteiger partial charge in [-0.05, 0) is 54.3 Å². The molecule has 0 aliphatic carbocycles. The number of carbonyl (C=O) groups is 2. The van der Waals surface area contributed by atoms with Gasteiger partial charge in [-0.15, -0.1) is 11.8 Å². The minimum absolute atomic E-state index is 0.0420. The SMILES string of the molecule is Cc1c(N2C(=O)CSC2c2ccc(F)cc2)ccc(C(=O)O)c1CC1(C)COC1. The fraction of sp³-hybridized carbons (Fsp3) is 0.364. The number of ether oxygens (including phenoxy) is 1. The van der Waals surface area contributed by atoms with Crippen LogP contribution in [-0.4, -0.2) is 35.9 Å². The van der Waals surface area contributed by atoms with Crippen LogP contribution in [-0.2, 0) is 16.0 Å². The van der Waals surface area contributed by atoms with Crippen LogP contribution in [0.15, 0.2) is 36.4 Å². The van der Waals surface area contributed by atoms with Crippen LogP contribution < -0.4 is 4.90 Å². The molecule has 1 atom stereocenters. The van der Waals surface area contributed by atoms with E-state index in [-0.39, 0.29) is 28.1 Å². The summed E-state index contributed by atoms with van der Waals surface area (Å²) in [6.45, 7) is 5.13. The molecule has 0 spiro atoms. The van der Waals surface area contributed by atoms with Crippen molar-refractivity contribution >= 4 is 29.3 Å². The van der Waals surface area contributed by atoms with Gasteiger partial charge in [0.05, 0.1) is 24.5 Å². The maximum absolute atomic E-state index is 13.4. The Bertz CT molecular complexity index is 972. The molecule has 0 aromatic heterocycles. The maximum Gasteiger partial charge on any atom is 0.335 e. The summed E-state index contributed by atoms with van der Waals surface area (Å²) in [6, 6.07) is 9.45. The van der Waals surface area contributed by atoms with E-state index in [1.807, 2.05) is 6.92 Å². The van der Waals surface area contributed by atoms with E-state index in [0.29, 0.717) is 31.1 Å². The van der Waals surface area contributed by atoms with Gasteiger partial charge in [-0.3, -0.25) is 9.69 Å². The van der Waals surface area contributed by atoms with Gasteiger partial charge in [0.15, 0.2) is 0 Å². The van der Waals surface area contributed by atoms with E-state index in [9.17, 15) is 19.1 Å². The van der Waals surface area contributed by atoms with Crippen LogP contribution in [0.25, 0.3) is 0 Å². The Hall–Kier alpha value is -2.38. The van der Waals surface area contributed by atoms with E-state index in [0.717, 1.165) is 16.7 Å². The minimum atomic E-state index is -0.976. The Kier molecular flexibility index (Phi) is 5.12. The van der Waals surface area contributed by atoms with Crippen molar-refractivity contribution in [1.82, 2.24) is 0 Å². The first-order valence-corrected chi connectivity index (χ1v) is 10.5. The van der Waals surface area contributed by atoms with Crippen LogP contribution in [0, 0.1) is 18.2 Å². The van der Waals surface area contributed by atoms with Gasteiger partial charge in [-0.2, -0.15) is 0 Å². The first-order chi connectivity index (χ1) is 13.8. The largest absolute Gasteiger partial charge is 0.478 e. The monoisotopic (exact) mass is 415 g/mol. The van der Waals surface area contributed by atoms with Crippen LogP contribution in [0.1, 0.15) is 39.3 Å². The molecule has 1 amide bonds. The number of hydrogen-bond donors (Lipinski definition) is 1. The molecule has 7 heteroatoms. The minimum Gasteiger partial charge on any atom is -0.478 e. The number of carboxylic acid groups (broad SMARTS) is 1. The predicted molar refractivity (Wildman–Crippen MR) is 110 cm³/mol. The molecule has 1 unspecified atom stereocenters. The van der Waals surface area contributed by atoms with Crippen molar-refractivity contribution < 1.29 is 23.8 Å². The molecule has 2 aromatic rings. The zero-order valence-corrected chi connectivity index (χ0v) is 17.1. The van der Waals surface area contributed by atoms with Crippen LogP contribution in [0.5, 0.6) is 0 Å². The highest BCUT2D eigenvalue weighted by atomic mass is 32.2. The average molecular weight is 415 g/mol. The molecule has 29 heavy (non-hydrogen) atoms. The van der Waals surface area contributed by atoms with Gasteiger partial charge in [0, 0.05) is 11.1 Å². The van der Waals surface area contributed by atoms with Crippen molar-refractivity contribution in [3.8, 4) is 0 Å². The summed E-state index contributed by atoms with van der Waals surface area (Å²) >= 11 is 1.48. The molecule has 2 aromatic carbocycles. The van der Waals surface area contributed by atoms with Crippen molar-refractivity contribution in [3.63, 3.8) is 0 Å². The molecule has 2 aliphatic heterocycles. The van der Waals surface area contributed by atoms with Crippen LogP contribution in [0.2, 0.25) is 0 Å². The van der Waals surface area contributed by atoms with Crippen molar-refractivity contribution in [1.29, 1.82) is 0 Å². The summed E-state index contributed by atoms with van der Waals surface area (Å²) in [7, 11) is 0. The summed E-state index contributed by atoms with van der Waals surface area (Å²) < 4.78 is 18.7. The third kappa shape index (κ3) is 3.65. The summed E-state index contributed by atoms with van der Waals surface area (Å²) in [6.07, 6.45) is 0.574. The summed E-state index contributed by atoms with van der Waals surface area (Å²) in [5.41, 5.74) is 3.23. The Balaban J connectivity index is 1.77. The number of aromatic carboxylic acids is 1. The van der Waals surface area contributed by atoms with Crippen LogP contribution in [0.4, 0.5) is 10.1 Å². The van der Waals surface area contributed by atoms with E-state index < -0.39 is 5.97 Å². The highest BCUT2D eigenvalue weighted by Crippen LogP contribution is 2.44. The fourth-order valence-electron chi connectivity index (χ4n) is 3.97. The quantitative estimate of drug-likeness (QED) is 0.793. The van der Waals surface area contributed by atoms with Gasteiger partial charge in [0.2, 0.25) is 5.91 Å². The van der Waals surface area contributed by atoms with Crippen molar-refractivity contribution in [2.24, 2.45) is 5.41 Å². The molecule has 2 fully saturated rings. The molecule has 5 nitrogen and oxygen atoms in total. The standard InChI is InChI=1S/C22H22FNO4S/c1-13-17(9-22(2)11-28-12-22)16(21(26)27)7-8-18(13)24-19(25)10-29-20(24)14-3-5-15(23)6-4-14/h3-8,20H,9-12H2,1-2H3,(H,26,27). The first kappa shape index (κ1) is 19.9. The summed E-state index contributed by atoms with van der Waals surface area (Å²) in [5, 5.41) is 9.42. The number of benzene rings is 2. The van der Waals surface area contributed by atoms with E-state index in [1.165, 1.54) is 23.9 Å². The van der Waals surface area contributed by atoms with Crippen molar-refractivity contribution in [2.75, 3.05) is 23.9 Å². The molecule has 152 valence electrons. The number of halogens is 1. The number of carboxylic acids is 1. The molecule has 2 aliphatic rings. The Morgan fingerprint density at radius 3 is 2.55 bits per heavy atom. The highest BCUT2D eigenvalue weighted by molar-refractivity contribution is 8.00. The number of anilines is 1. The lowest BCUT2D eigenvalue weighted by molar-refractivity contribution is -0.115. The molecule has 0 saturated carbocycles. The molecule has 0 radical (unpaired) electrons.